The van der Waals surface area contributed by atoms with Gasteiger partial charge in [-0.3, -0.25) is 0 Å². The maximum absolute atomic E-state index is 6.02. The number of benzene rings is 1. The molecule has 2 heterocycles. The van der Waals surface area contributed by atoms with Crippen LogP contribution < -0.4 is 4.74 Å². The van der Waals surface area contributed by atoms with Gasteiger partial charge in [0.2, 0.25) is 0 Å². The van der Waals surface area contributed by atoms with Gasteiger partial charge < -0.3 is 9.14 Å². The SMILES string of the molecule is Clc1ccn2cc(COc3ccccc3Cl)nc2c1. The maximum Gasteiger partial charge on any atom is 0.138 e. The van der Waals surface area contributed by atoms with Crippen molar-refractivity contribution in [2.75, 3.05) is 0 Å². The molecular formula is C14H10Cl2N2O. The smallest absolute Gasteiger partial charge is 0.138 e. The van der Waals surface area contributed by atoms with Crippen molar-refractivity contribution in [3.8, 4) is 5.75 Å². The van der Waals surface area contributed by atoms with E-state index in [0.29, 0.717) is 22.4 Å². The van der Waals surface area contributed by atoms with Gasteiger partial charge in [-0.05, 0) is 24.3 Å². The number of fused-ring (bicyclic) bond motifs is 1. The summed E-state index contributed by atoms with van der Waals surface area (Å²) in [7, 11) is 0. The summed E-state index contributed by atoms with van der Waals surface area (Å²) in [6, 6.07) is 11.0. The number of hydrogen-bond acceptors (Lipinski definition) is 2. The fourth-order valence-corrected chi connectivity index (χ4v) is 2.14. The van der Waals surface area contributed by atoms with Crippen molar-refractivity contribution in [3.05, 3.63) is 64.5 Å². The van der Waals surface area contributed by atoms with Crippen LogP contribution in [0.1, 0.15) is 5.69 Å². The van der Waals surface area contributed by atoms with Crippen LogP contribution in [-0.4, -0.2) is 9.38 Å². The first-order valence-electron chi connectivity index (χ1n) is 5.73. The predicted molar refractivity (Wildman–Crippen MR) is 76.0 cm³/mol. The number of nitrogens with zero attached hydrogens (tertiary/aromatic N) is 2. The second kappa shape index (κ2) is 5.11. The highest BCUT2D eigenvalue weighted by molar-refractivity contribution is 6.32. The van der Waals surface area contributed by atoms with Crippen LogP contribution in [0.25, 0.3) is 5.65 Å². The summed E-state index contributed by atoms with van der Waals surface area (Å²) in [5, 5.41) is 1.26. The van der Waals surface area contributed by atoms with E-state index in [1.165, 1.54) is 0 Å². The molecule has 0 aliphatic carbocycles. The summed E-state index contributed by atoms with van der Waals surface area (Å²) >= 11 is 11.9. The van der Waals surface area contributed by atoms with Gasteiger partial charge in [-0.15, -0.1) is 0 Å². The lowest BCUT2D eigenvalue weighted by atomic mass is 10.3. The van der Waals surface area contributed by atoms with E-state index >= 15 is 0 Å². The van der Waals surface area contributed by atoms with Crippen LogP contribution in [0.4, 0.5) is 0 Å². The number of imidazole rings is 1. The van der Waals surface area contributed by atoms with Crippen LogP contribution in [-0.2, 0) is 6.61 Å². The Bertz CT molecular complexity index is 724. The molecule has 3 nitrogen and oxygen atoms in total. The van der Waals surface area contributed by atoms with E-state index < -0.39 is 0 Å². The van der Waals surface area contributed by atoms with Crippen molar-refractivity contribution in [2.24, 2.45) is 0 Å². The lowest BCUT2D eigenvalue weighted by molar-refractivity contribution is 0.302. The summed E-state index contributed by atoms with van der Waals surface area (Å²) in [5.74, 6) is 0.652. The van der Waals surface area contributed by atoms with Gasteiger partial charge in [0.15, 0.2) is 0 Å². The largest absolute Gasteiger partial charge is 0.486 e. The Morgan fingerprint density at radius 3 is 2.84 bits per heavy atom. The van der Waals surface area contributed by atoms with Crippen molar-refractivity contribution >= 4 is 28.8 Å². The zero-order valence-electron chi connectivity index (χ0n) is 9.88. The van der Waals surface area contributed by atoms with Crippen molar-refractivity contribution in [1.29, 1.82) is 0 Å². The zero-order chi connectivity index (χ0) is 13.2. The molecule has 0 saturated carbocycles. The highest BCUT2D eigenvalue weighted by atomic mass is 35.5. The van der Waals surface area contributed by atoms with E-state index in [0.717, 1.165) is 11.3 Å². The molecular weight excluding hydrogens is 283 g/mol. The van der Waals surface area contributed by atoms with Gasteiger partial charge in [0.05, 0.1) is 10.7 Å². The Morgan fingerprint density at radius 2 is 2.00 bits per heavy atom. The molecule has 0 bridgehead atoms. The fraction of sp³-hybridized carbons (Fsp3) is 0.0714. The van der Waals surface area contributed by atoms with Crippen molar-refractivity contribution in [1.82, 2.24) is 9.38 Å². The number of para-hydroxylation sites is 1. The Labute approximate surface area is 120 Å². The first-order valence-corrected chi connectivity index (χ1v) is 6.48. The van der Waals surface area contributed by atoms with Crippen LogP contribution in [0.15, 0.2) is 48.8 Å². The van der Waals surface area contributed by atoms with Crippen LogP contribution in [0.3, 0.4) is 0 Å². The first kappa shape index (κ1) is 12.3. The lowest BCUT2D eigenvalue weighted by Crippen LogP contribution is -1.95. The molecule has 19 heavy (non-hydrogen) atoms. The fourth-order valence-electron chi connectivity index (χ4n) is 1.79. The highest BCUT2D eigenvalue weighted by Gasteiger charge is 2.05. The van der Waals surface area contributed by atoms with E-state index in [1.54, 1.807) is 12.1 Å². The van der Waals surface area contributed by atoms with Crippen LogP contribution in [0.5, 0.6) is 5.75 Å². The van der Waals surface area contributed by atoms with Crippen molar-refractivity contribution < 1.29 is 4.74 Å². The molecule has 0 radical (unpaired) electrons. The summed E-state index contributed by atoms with van der Waals surface area (Å²) < 4.78 is 7.54. The van der Waals surface area contributed by atoms with Crippen molar-refractivity contribution in [3.63, 3.8) is 0 Å². The van der Waals surface area contributed by atoms with E-state index in [4.69, 9.17) is 27.9 Å². The summed E-state index contributed by atoms with van der Waals surface area (Å²) in [6.45, 7) is 0.364. The molecule has 96 valence electrons. The Kier molecular flexibility index (Phi) is 3.32. The Balaban J connectivity index is 1.80. The number of pyridine rings is 1. The molecule has 0 fully saturated rings. The summed E-state index contributed by atoms with van der Waals surface area (Å²) in [5.41, 5.74) is 1.62. The molecule has 0 atom stereocenters. The van der Waals surface area contributed by atoms with Crippen LogP contribution in [0.2, 0.25) is 10.0 Å². The second-order valence-corrected chi connectivity index (χ2v) is 4.91. The predicted octanol–water partition coefficient (Wildman–Crippen LogP) is 4.22. The number of hydrogen-bond donors (Lipinski definition) is 0. The number of halogens is 2. The number of rotatable bonds is 3. The quantitative estimate of drug-likeness (QED) is 0.722. The minimum Gasteiger partial charge on any atom is -0.486 e. The second-order valence-electron chi connectivity index (χ2n) is 4.06. The molecule has 3 rings (SSSR count). The third-order valence-corrected chi connectivity index (χ3v) is 3.23. The molecule has 0 amide bonds. The maximum atomic E-state index is 6.02. The monoisotopic (exact) mass is 292 g/mol. The average molecular weight is 293 g/mol. The molecule has 3 aromatic rings. The van der Waals surface area contributed by atoms with Crippen molar-refractivity contribution in [2.45, 2.75) is 6.61 Å². The normalized spacial score (nSPS) is 10.8. The summed E-state index contributed by atoms with van der Waals surface area (Å²) in [4.78, 5) is 4.43. The standard InChI is InChI=1S/C14H10Cl2N2O/c15-10-5-6-18-8-11(17-14(18)7-10)9-19-13-4-2-1-3-12(13)16/h1-8H,9H2. The van der Waals surface area contributed by atoms with Gasteiger partial charge in [0, 0.05) is 17.4 Å². The number of aromatic nitrogens is 2. The average Bonchev–Trinajstić information content (AvgIpc) is 2.79. The Morgan fingerprint density at radius 1 is 1.16 bits per heavy atom. The van der Waals surface area contributed by atoms with Crippen LogP contribution >= 0.6 is 23.2 Å². The van der Waals surface area contributed by atoms with Gasteiger partial charge >= 0.3 is 0 Å². The number of ether oxygens (including phenoxy) is 1. The molecule has 2 aromatic heterocycles. The van der Waals surface area contributed by atoms with E-state index in [1.807, 2.05) is 41.1 Å². The van der Waals surface area contributed by atoms with E-state index in [-0.39, 0.29) is 0 Å². The Hall–Kier alpha value is -1.71. The molecule has 0 unspecified atom stereocenters. The topological polar surface area (TPSA) is 26.5 Å². The van der Waals surface area contributed by atoms with Gasteiger partial charge in [0.25, 0.3) is 0 Å². The minimum absolute atomic E-state index is 0.364. The molecule has 0 N–H and O–H groups in total. The zero-order valence-corrected chi connectivity index (χ0v) is 11.4. The van der Waals surface area contributed by atoms with Gasteiger partial charge in [-0.2, -0.15) is 0 Å². The van der Waals surface area contributed by atoms with Crippen LogP contribution in [0, 0.1) is 0 Å². The molecule has 0 saturated heterocycles. The third-order valence-electron chi connectivity index (χ3n) is 2.68. The molecule has 0 aliphatic rings. The first-order chi connectivity index (χ1) is 9.22. The molecule has 5 heteroatoms. The minimum atomic E-state index is 0.364. The highest BCUT2D eigenvalue weighted by Crippen LogP contribution is 2.24. The molecule has 1 aromatic carbocycles. The molecule has 0 aliphatic heterocycles. The van der Waals surface area contributed by atoms with E-state index in [9.17, 15) is 0 Å². The van der Waals surface area contributed by atoms with Gasteiger partial charge in [-0.25, -0.2) is 4.98 Å². The van der Waals surface area contributed by atoms with E-state index in [2.05, 4.69) is 4.98 Å². The summed E-state index contributed by atoms with van der Waals surface area (Å²) in [6.07, 6.45) is 3.77. The van der Waals surface area contributed by atoms with Gasteiger partial charge in [-0.1, -0.05) is 35.3 Å². The molecule has 0 spiro atoms. The third kappa shape index (κ3) is 2.67. The lowest BCUT2D eigenvalue weighted by Gasteiger charge is -2.05. The van der Waals surface area contributed by atoms with Gasteiger partial charge in [0.1, 0.15) is 18.0 Å².